The predicted octanol–water partition coefficient (Wildman–Crippen LogP) is 5.34. The minimum Gasteiger partial charge on any atom is -0.496 e. The van der Waals surface area contributed by atoms with E-state index in [1.165, 1.54) is 37.1 Å². The third-order valence-electron chi connectivity index (χ3n) is 4.71. The van der Waals surface area contributed by atoms with Crippen LogP contribution < -0.4 is 4.74 Å². The molecule has 0 unspecified atom stereocenters. The Morgan fingerprint density at radius 1 is 1.09 bits per heavy atom. The summed E-state index contributed by atoms with van der Waals surface area (Å²) in [6, 6.07) is 11.6. The fourth-order valence-electron chi connectivity index (χ4n) is 3.30. The van der Waals surface area contributed by atoms with Crippen molar-refractivity contribution in [3.63, 3.8) is 0 Å². The van der Waals surface area contributed by atoms with Crippen LogP contribution in [0.4, 0.5) is 0 Å². The predicted molar refractivity (Wildman–Crippen MR) is 126 cm³/mol. The molecule has 0 saturated carbocycles. The number of carbonyl (C=O) groups is 3. The van der Waals surface area contributed by atoms with E-state index in [0.29, 0.717) is 22.7 Å². The van der Waals surface area contributed by atoms with Crippen LogP contribution >= 0.6 is 11.8 Å². The second-order valence-corrected chi connectivity index (χ2v) is 9.45. The zero-order chi connectivity index (χ0) is 24.2. The van der Waals surface area contributed by atoms with E-state index in [0.717, 1.165) is 5.39 Å². The number of fused-ring (bicyclic) bond motifs is 1. The average molecular weight is 471 g/mol. The summed E-state index contributed by atoms with van der Waals surface area (Å²) in [7, 11) is 1.37. The molecule has 3 rings (SSSR count). The van der Waals surface area contributed by atoms with Gasteiger partial charge in [0.2, 0.25) is 5.78 Å². The molecule has 0 bridgehead atoms. The van der Waals surface area contributed by atoms with E-state index in [-0.39, 0.29) is 35.0 Å². The smallest absolute Gasteiger partial charge is 0.339 e. The number of hydrogen-bond acceptors (Lipinski definition) is 7. The van der Waals surface area contributed by atoms with Crippen LogP contribution in [-0.4, -0.2) is 41.3 Å². The fourth-order valence-corrected chi connectivity index (χ4v) is 4.24. The number of ether oxygens (including phenoxy) is 2. The summed E-state index contributed by atoms with van der Waals surface area (Å²) in [6.07, 6.45) is 0.251. The van der Waals surface area contributed by atoms with Crippen LogP contribution in [-0.2, 0) is 15.3 Å². The van der Waals surface area contributed by atoms with Crippen molar-refractivity contribution in [1.82, 2.24) is 0 Å². The van der Waals surface area contributed by atoms with Gasteiger partial charge in [0, 0.05) is 28.0 Å². The van der Waals surface area contributed by atoms with Crippen molar-refractivity contribution in [3.05, 3.63) is 64.9 Å². The molecule has 3 aromatic rings. The molecule has 1 heterocycles. The number of furan rings is 1. The molecule has 174 valence electrons. The number of carboxylic acids is 1. The van der Waals surface area contributed by atoms with Gasteiger partial charge in [-0.15, -0.1) is 0 Å². The van der Waals surface area contributed by atoms with Gasteiger partial charge in [0.1, 0.15) is 22.5 Å². The Kier molecular flexibility index (Phi) is 7.48. The minimum absolute atomic E-state index is 0.104. The maximum absolute atomic E-state index is 13.3. The van der Waals surface area contributed by atoms with E-state index in [1.807, 2.05) is 39.0 Å². The van der Waals surface area contributed by atoms with E-state index >= 15 is 0 Å². The lowest BCUT2D eigenvalue weighted by Crippen LogP contribution is -2.24. The summed E-state index contributed by atoms with van der Waals surface area (Å²) in [6.45, 7) is 5.47. The third kappa shape index (κ3) is 5.96. The SMILES string of the molecule is COc1ccc(C(=O)c2oc3ccccc3c2CSCCC(=O)OC(C)(C)C)cc1C(=O)O. The molecule has 33 heavy (non-hydrogen) atoms. The number of esters is 1. The highest BCUT2D eigenvalue weighted by atomic mass is 32.2. The first-order chi connectivity index (χ1) is 15.6. The van der Waals surface area contributed by atoms with Crippen LogP contribution in [0.25, 0.3) is 11.0 Å². The molecule has 8 heteroatoms. The summed E-state index contributed by atoms with van der Waals surface area (Å²) < 4.78 is 16.3. The van der Waals surface area contributed by atoms with E-state index in [4.69, 9.17) is 13.9 Å². The normalized spacial score (nSPS) is 11.4. The quantitative estimate of drug-likeness (QED) is 0.254. The summed E-state index contributed by atoms with van der Waals surface area (Å²) in [5.41, 5.74) is 0.822. The lowest BCUT2D eigenvalue weighted by atomic mass is 10.0. The van der Waals surface area contributed by atoms with Gasteiger partial charge >= 0.3 is 11.9 Å². The molecule has 0 amide bonds. The van der Waals surface area contributed by atoms with Gasteiger partial charge in [-0.3, -0.25) is 9.59 Å². The van der Waals surface area contributed by atoms with Gasteiger partial charge in [0.25, 0.3) is 0 Å². The number of para-hydroxylation sites is 1. The number of methoxy groups -OCH3 is 1. The van der Waals surface area contributed by atoms with Crippen LogP contribution in [0.2, 0.25) is 0 Å². The first-order valence-corrected chi connectivity index (χ1v) is 11.5. The van der Waals surface area contributed by atoms with Crippen molar-refractivity contribution in [2.45, 2.75) is 38.5 Å². The second-order valence-electron chi connectivity index (χ2n) is 8.34. The number of aromatic carboxylic acids is 1. The largest absolute Gasteiger partial charge is 0.496 e. The van der Waals surface area contributed by atoms with Crippen LogP contribution in [0.1, 0.15) is 59.2 Å². The van der Waals surface area contributed by atoms with Crippen LogP contribution in [0.3, 0.4) is 0 Å². The molecule has 2 aromatic carbocycles. The topological polar surface area (TPSA) is 103 Å². The number of thioether (sulfide) groups is 1. The fraction of sp³-hybridized carbons (Fsp3) is 0.320. The first kappa shape index (κ1) is 24.4. The van der Waals surface area contributed by atoms with E-state index in [1.54, 1.807) is 6.07 Å². The Labute approximate surface area is 196 Å². The summed E-state index contributed by atoms with van der Waals surface area (Å²) in [5, 5.41) is 10.2. The summed E-state index contributed by atoms with van der Waals surface area (Å²) >= 11 is 1.49. The van der Waals surface area contributed by atoms with Gasteiger partial charge in [-0.05, 0) is 45.0 Å². The van der Waals surface area contributed by atoms with Crippen molar-refractivity contribution in [3.8, 4) is 5.75 Å². The Balaban J connectivity index is 1.85. The first-order valence-electron chi connectivity index (χ1n) is 10.4. The van der Waals surface area contributed by atoms with E-state index in [2.05, 4.69) is 0 Å². The van der Waals surface area contributed by atoms with Gasteiger partial charge in [-0.25, -0.2) is 4.79 Å². The van der Waals surface area contributed by atoms with Crippen molar-refractivity contribution in [1.29, 1.82) is 0 Å². The maximum atomic E-state index is 13.3. The van der Waals surface area contributed by atoms with Crippen LogP contribution in [0.5, 0.6) is 5.75 Å². The lowest BCUT2D eigenvalue weighted by Gasteiger charge is -2.19. The van der Waals surface area contributed by atoms with Gasteiger partial charge < -0.3 is 19.0 Å². The second kappa shape index (κ2) is 10.1. The molecule has 0 fully saturated rings. The van der Waals surface area contributed by atoms with Crippen molar-refractivity contribution in [2.75, 3.05) is 12.9 Å². The standard InChI is InChI=1S/C25H26O7S/c1-25(2,3)32-21(26)11-12-33-14-18-16-7-5-6-8-20(16)31-23(18)22(27)15-9-10-19(30-4)17(13-15)24(28)29/h5-10,13H,11-12,14H2,1-4H3,(H,28,29). The molecular formula is C25H26O7S. The number of hydrogen-bond donors (Lipinski definition) is 1. The highest BCUT2D eigenvalue weighted by Crippen LogP contribution is 2.32. The van der Waals surface area contributed by atoms with Crippen LogP contribution in [0.15, 0.2) is 46.9 Å². The Hall–Kier alpha value is -3.26. The maximum Gasteiger partial charge on any atom is 0.339 e. The number of carbonyl (C=O) groups excluding carboxylic acids is 2. The summed E-state index contributed by atoms with van der Waals surface area (Å²) in [4.78, 5) is 36.8. The number of rotatable bonds is 9. The average Bonchev–Trinajstić information content (AvgIpc) is 3.13. The number of carboxylic acid groups (broad SMARTS) is 1. The van der Waals surface area contributed by atoms with Crippen LogP contribution in [0, 0.1) is 0 Å². The molecule has 0 aliphatic rings. The third-order valence-corrected chi connectivity index (χ3v) is 5.70. The zero-order valence-corrected chi connectivity index (χ0v) is 19.8. The molecule has 7 nitrogen and oxygen atoms in total. The molecule has 0 spiro atoms. The lowest BCUT2D eigenvalue weighted by molar-refractivity contribution is -0.154. The van der Waals surface area contributed by atoms with Gasteiger partial charge in [-0.2, -0.15) is 11.8 Å². The molecule has 0 aliphatic heterocycles. The Bertz CT molecular complexity index is 1190. The minimum atomic E-state index is -1.19. The Morgan fingerprint density at radius 2 is 1.82 bits per heavy atom. The Morgan fingerprint density at radius 3 is 2.48 bits per heavy atom. The molecule has 1 N–H and O–H groups in total. The van der Waals surface area contributed by atoms with Gasteiger partial charge in [0.05, 0.1) is 13.5 Å². The molecule has 0 atom stereocenters. The number of benzene rings is 2. The van der Waals surface area contributed by atoms with Crippen molar-refractivity contribution < 1.29 is 33.4 Å². The molecule has 1 aromatic heterocycles. The number of ketones is 1. The highest BCUT2D eigenvalue weighted by Gasteiger charge is 2.24. The van der Waals surface area contributed by atoms with Crippen molar-refractivity contribution in [2.24, 2.45) is 0 Å². The molecule has 0 saturated heterocycles. The zero-order valence-electron chi connectivity index (χ0n) is 19.0. The molecule has 0 aliphatic carbocycles. The summed E-state index contributed by atoms with van der Waals surface area (Å²) in [5.74, 6) is -0.591. The van der Waals surface area contributed by atoms with Gasteiger partial charge in [0.15, 0.2) is 5.76 Å². The molecule has 0 radical (unpaired) electrons. The monoisotopic (exact) mass is 470 g/mol. The highest BCUT2D eigenvalue weighted by molar-refractivity contribution is 7.98. The molecular weight excluding hydrogens is 444 g/mol. The van der Waals surface area contributed by atoms with Crippen molar-refractivity contribution >= 4 is 40.5 Å². The van der Waals surface area contributed by atoms with E-state index < -0.39 is 17.4 Å². The van der Waals surface area contributed by atoms with E-state index in [9.17, 15) is 19.5 Å². The van der Waals surface area contributed by atoms with Gasteiger partial charge in [-0.1, -0.05) is 18.2 Å².